The molecule has 4 rings (SSSR count). The highest BCUT2D eigenvalue weighted by molar-refractivity contribution is 8.00. The summed E-state index contributed by atoms with van der Waals surface area (Å²) in [5.41, 5.74) is 1.92. The minimum Gasteiger partial charge on any atom is -0.352 e. The number of hydrogen-bond acceptors (Lipinski definition) is 5. The smallest absolute Gasteiger partial charge is 0.267 e. The molecule has 0 aliphatic heterocycles. The van der Waals surface area contributed by atoms with Crippen LogP contribution in [0.4, 0.5) is 0 Å². The highest BCUT2D eigenvalue weighted by Crippen LogP contribution is 2.35. The fourth-order valence-corrected chi connectivity index (χ4v) is 6.03. The van der Waals surface area contributed by atoms with Gasteiger partial charge in [0.1, 0.15) is 4.83 Å². The first kappa shape index (κ1) is 20.9. The number of amides is 1. The highest BCUT2D eigenvalue weighted by Gasteiger charge is 2.24. The topological polar surface area (TPSA) is 64.0 Å². The van der Waals surface area contributed by atoms with Crippen molar-refractivity contribution in [1.82, 2.24) is 14.9 Å². The number of aromatic nitrogens is 2. The number of hydrogen-bond donors (Lipinski definition) is 1. The molecule has 1 amide bonds. The lowest BCUT2D eigenvalue weighted by Gasteiger charge is -2.15. The summed E-state index contributed by atoms with van der Waals surface area (Å²) in [4.78, 5) is 33.1. The van der Waals surface area contributed by atoms with E-state index in [1.54, 1.807) is 22.0 Å². The van der Waals surface area contributed by atoms with E-state index < -0.39 is 0 Å². The number of benzene rings is 1. The lowest BCUT2D eigenvalue weighted by Crippen LogP contribution is -2.32. The van der Waals surface area contributed by atoms with Gasteiger partial charge in [0.05, 0.1) is 16.3 Å². The van der Waals surface area contributed by atoms with E-state index in [4.69, 9.17) is 4.98 Å². The van der Waals surface area contributed by atoms with Crippen molar-refractivity contribution in [2.45, 2.75) is 49.4 Å². The molecule has 156 valence electrons. The van der Waals surface area contributed by atoms with E-state index in [1.807, 2.05) is 37.3 Å². The van der Waals surface area contributed by atoms with Crippen LogP contribution in [0.15, 0.2) is 52.9 Å². The Morgan fingerprint density at radius 3 is 2.83 bits per heavy atom. The van der Waals surface area contributed by atoms with Gasteiger partial charge in [-0.1, -0.05) is 42.5 Å². The van der Waals surface area contributed by atoms with E-state index >= 15 is 0 Å². The SMILES string of the molecule is C=CCNC(=O)C(C)Sc1nc2sc3c(c2c(=O)n1-c1ccccc1)CCCCC3. The van der Waals surface area contributed by atoms with E-state index in [-0.39, 0.29) is 16.7 Å². The van der Waals surface area contributed by atoms with E-state index in [2.05, 4.69) is 11.9 Å². The Kier molecular flexibility index (Phi) is 6.39. The van der Waals surface area contributed by atoms with Crippen LogP contribution in [0.5, 0.6) is 0 Å². The molecular weight excluding hydrogens is 414 g/mol. The number of carbonyl (C=O) groups excluding carboxylic acids is 1. The molecule has 0 saturated heterocycles. The zero-order valence-corrected chi connectivity index (χ0v) is 18.7. The molecule has 0 fully saturated rings. The van der Waals surface area contributed by atoms with Gasteiger partial charge in [-0.3, -0.25) is 14.2 Å². The van der Waals surface area contributed by atoms with Gasteiger partial charge in [-0.05, 0) is 50.3 Å². The van der Waals surface area contributed by atoms with Crippen LogP contribution >= 0.6 is 23.1 Å². The van der Waals surface area contributed by atoms with E-state index in [0.29, 0.717) is 11.7 Å². The summed E-state index contributed by atoms with van der Waals surface area (Å²) in [7, 11) is 0. The third-order valence-electron chi connectivity index (χ3n) is 5.29. The van der Waals surface area contributed by atoms with Crippen LogP contribution in [0.2, 0.25) is 0 Å². The second kappa shape index (κ2) is 9.18. The molecular formula is C23H25N3O2S2. The molecule has 1 atom stereocenters. The molecule has 0 bridgehead atoms. The number of aryl methyl sites for hydroxylation is 2. The number of nitrogens with one attached hydrogen (secondary N) is 1. The van der Waals surface area contributed by atoms with Crippen LogP contribution < -0.4 is 10.9 Å². The molecule has 1 aliphatic rings. The number of carbonyl (C=O) groups is 1. The van der Waals surface area contributed by atoms with Crippen molar-refractivity contribution < 1.29 is 4.79 Å². The molecule has 1 aliphatic carbocycles. The standard InChI is InChI=1S/C23H25N3O2S2/c1-3-14-24-20(27)15(2)29-23-25-21-19(17-12-8-5-9-13-18(17)30-21)22(28)26(23)16-10-6-4-7-11-16/h3-4,6-7,10-11,15H,1,5,8-9,12-14H2,2H3,(H,24,27). The molecule has 3 aromatic rings. The first-order valence-corrected chi connectivity index (χ1v) is 12.0. The van der Waals surface area contributed by atoms with E-state index in [1.165, 1.54) is 28.6 Å². The Hall–Kier alpha value is -2.38. The summed E-state index contributed by atoms with van der Waals surface area (Å²) in [5.74, 6) is -0.101. The summed E-state index contributed by atoms with van der Waals surface area (Å²) >= 11 is 2.96. The fourth-order valence-electron chi connectivity index (χ4n) is 3.78. The second-order valence-electron chi connectivity index (χ2n) is 7.41. The van der Waals surface area contributed by atoms with Gasteiger partial charge in [-0.2, -0.15) is 0 Å². The maximum atomic E-state index is 13.7. The van der Waals surface area contributed by atoms with Crippen molar-refractivity contribution in [3.05, 3.63) is 63.8 Å². The maximum absolute atomic E-state index is 13.7. The van der Waals surface area contributed by atoms with Crippen molar-refractivity contribution in [3.63, 3.8) is 0 Å². The zero-order chi connectivity index (χ0) is 21.1. The molecule has 0 spiro atoms. The molecule has 2 aromatic heterocycles. The van der Waals surface area contributed by atoms with Gasteiger partial charge >= 0.3 is 0 Å². The van der Waals surface area contributed by atoms with Gasteiger partial charge in [-0.15, -0.1) is 17.9 Å². The predicted molar refractivity (Wildman–Crippen MR) is 125 cm³/mol. The number of nitrogens with zero attached hydrogens (tertiary/aromatic N) is 2. The normalized spacial score (nSPS) is 14.7. The molecule has 1 aromatic carbocycles. The predicted octanol–water partition coefficient (Wildman–Crippen LogP) is 4.50. The van der Waals surface area contributed by atoms with Gasteiger partial charge in [0.25, 0.3) is 5.56 Å². The minimum atomic E-state index is -0.387. The summed E-state index contributed by atoms with van der Waals surface area (Å²) < 4.78 is 1.67. The molecule has 1 unspecified atom stereocenters. The number of fused-ring (bicyclic) bond motifs is 3. The van der Waals surface area contributed by atoms with Crippen LogP contribution in [0.25, 0.3) is 15.9 Å². The number of thiophene rings is 1. The number of para-hydroxylation sites is 1. The Bertz CT molecular complexity index is 1130. The average molecular weight is 440 g/mol. The van der Waals surface area contributed by atoms with Gasteiger partial charge in [-0.25, -0.2) is 4.98 Å². The van der Waals surface area contributed by atoms with Gasteiger partial charge in [0.2, 0.25) is 5.91 Å². The average Bonchev–Trinajstić information content (AvgIpc) is 2.94. The lowest BCUT2D eigenvalue weighted by atomic mass is 10.1. The van der Waals surface area contributed by atoms with Crippen LogP contribution in [0, 0.1) is 0 Å². The molecule has 7 heteroatoms. The quantitative estimate of drug-likeness (QED) is 0.266. The van der Waals surface area contributed by atoms with Gasteiger partial charge in [0.15, 0.2) is 5.16 Å². The van der Waals surface area contributed by atoms with Crippen molar-refractivity contribution in [1.29, 1.82) is 0 Å². The summed E-state index contributed by atoms with van der Waals surface area (Å²) in [6.45, 7) is 5.88. The molecule has 30 heavy (non-hydrogen) atoms. The first-order chi connectivity index (χ1) is 14.6. The summed E-state index contributed by atoms with van der Waals surface area (Å²) in [5, 5.41) is 3.74. The van der Waals surface area contributed by atoms with Crippen molar-refractivity contribution in [2.24, 2.45) is 0 Å². The monoisotopic (exact) mass is 439 g/mol. The van der Waals surface area contributed by atoms with Crippen molar-refractivity contribution >= 4 is 39.2 Å². The van der Waals surface area contributed by atoms with Crippen molar-refractivity contribution in [3.8, 4) is 5.69 Å². The summed E-state index contributed by atoms with van der Waals surface area (Å²) in [6, 6.07) is 9.57. The Morgan fingerprint density at radius 1 is 1.30 bits per heavy atom. The third kappa shape index (κ3) is 4.09. The van der Waals surface area contributed by atoms with Gasteiger partial charge < -0.3 is 5.32 Å². The van der Waals surface area contributed by atoms with Crippen LogP contribution in [-0.4, -0.2) is 27.3 Å². The number of thioether (sulfide) groups is 1. The Balaban J connectivity index is 1.85. The second-order valence-corrected chi connectivity index (χ2v) is 9.80. The molecule has 1 N–H and O–H groups in total. The van der Waals surface area contributed by atoms with Crippen LogP contribution in [-0.2, 0) is 17.6 Å². The molecule has 0 radical (unpaired) electrons. The minimum absolute atomic E-state index is 0.0354. The Morgan fingerprint density at radius 2 is 2.07 bits per heavy atom. The third-order valence-corrected chi connectivity index (χ3v) is 7.53. The first-order valence-electron chi connectivity index (χ1n) is 10.3. The fraction of sp³-hybridized carbons (Fsp3) is 0.348. The highest BCUT2D eigenvalue weighted by atomic mass is 32.2. The van der Waals surface area contributed by atoms with Crippen LogP contribution in [0.3, 0.4) is 0 Å². The summed E-state index contributed by atoms with van der Waals surface area (Å²) in [6.07, 6.45) is 7.08. The molecule has 0 saturated carbocycles. The molecule has 2 heterocycles. The van der Waals surface area contributed by atoms with Gasteiger partial charge in [0, 0.05) is 11.4 Å². The van der Waals surface area contributed by atoms with Crippen molar-refractivity contribution in [2.75, 3.05) is 6.54 Å². The number of rotatable bonds is 6. The Labute approximate surface area is 184 Å². The van der Waals surface area contributed by atoms with E-state index in [9.17, 15) is 9.59 Å². The van der Waals surface area contributed by atoms with Crippen LogP contribution in [0.1, 0.15) is 36.6 Å². The lowest BCUT2D eigenvalue weighted by molar-refractivity contribution is -0.120. The van der Waals surface area contributed by atoms with E-state index in [0.717, 1.165) is 41.6 Å². The largest absolute Gasteiger partial charge is 0.352 e. The zero-order valence-electron chi connectivity index (χ0n) is 17.0. The maximum Gasteiger partial charge on any atom is 0.267 e. The molecule has 5 nitrogen and oxygen atoms in total.